The van der Waals surface area contributed by atoms with E-state index >= 15 is 0 Å². The number of carbonyl (C=O) groups is 1. The Kier molecular flexibility index (Phi) is 2.81. The molecule has 0 amide bonds. The van der Waals surface area contributed by atoms with E-state index in [0.29, 0.717) is 11.8 Å². The zero-order chi connectivity index (χ0) is 11.0. The molecule has 1 saturated carbocycles. The van der Waals surface area contributed by atoms with Crippen molar-refractivity contribution in [2.24, 2.45) is 17.8 Å². The standard InChI is InChI=1S/C14H20O/c1-9-4-6-12(11(3)15)8-14-10(2)5-7-13(9)14/h4,8,10,13-14H,5-7H2,1-3H3/t10-,13+,14-/m1/s1. The van der Waals surface area contributed by atoms with Gasteiger partial charge >= 0.3 is 0 Å². The molecule has 2 rings (SSSR count). The normalized spacial score (nSPS) is 35.3. The molecule has 0 N–H and O–H groups in total. The van der Waals surface area contributed by atoms with Crippen molar-refractivity contribution in [1.82, 2.24) is 0 Å². The second kappa shape index (κ2) is 3.96. The van der Waals surface area contributed by atoms with Crippen molar-refractivity contribution in [1.29, 1.82) is 0 Å². The van der Waals surface area contributed by atoms with Crippen LogP contribution in [-0.2, 0) is 4.79 Å². The molecule has 1 heteroatoms. The van der Waals surface area contributed by atoms with Crippen LogP contribution in [0.1, 0.15) is 40.0 Å². The molecule has 0 spiro atoms. The van der Waals surface area contributed by atoms with E-state index in [9.17, 15) is 4.79 Å². The van der Waals surface area contributed by atoms with Crippen molar-refractivity contribution in [3.8, 4) is 0 Å². The van der Waals surface area contributed by atoms with Gasteiger partial charge in [0.25, 0.3) is 0 Å². The zero-order valence-electron chi connectivity index (χ0n) is 9.92. The number of fused-ring (bicyclic) bond motifs is 1. The first-order chi connectivity index (χ1) is 7.09. The molecule has 1 nitrogen and oxygen atoms in total. The number of hydrogen-bond acceptors (Lipinski definition) is 1. The Bertz CT molecular complexity index is 335. The number of hydrogen-bond donors (Lipinski definition) is 0. The van der Waals surface area contributed by atoms with Crippen LogP contribution in [-0.4, -0.2) is 5.78 Å². The molecule has 0 aromatic rings. The third kappa shape index (κ3) is 1.92. The van der Waals surface area contributed by atoms with Gasteiger partial charge in [-0.15, -0.1) is 0 Å². The first-order valence-corrected chi connectivity index (χ1v) is 5.98. The number of Topliss-reactive ketones (excluding diaryl/α,β-unsaturated/α-hetero) is 1. The minimum absolute atomic E-state index is 0.249. The van der Waals surface area contributed by atoms with Gasteiger partial charge in [0, 0.05) is 0 Å². The fourth-order valence-electron chi connectivity index (χ4n) is 3.02. The lowest BCUT2D eigenvalue weighted by Crippen LogP contribution is -2.11. The smallest absolute Gasteiger partial charge is 0.155 e. The highest BCUT2D eigenvalue weighted by Gasteiger charge is 2.34. The van der Waals surface area contributed by atoms with E-state index in [1.165, 1.54) is 18.4 Å². The summed E-state index contributed by atoms with van der Waals surface area (Å²) in [6.07, 6.45) is 7.98. The minimum Gasteiger partial charge on any atom is -0.295 e. The second-order valence-corrected chi connectivity index (χ2v) is 5.14. The Morgan fingerprint density at radius 3 is 2.80 bits per heavy atom. The van der Waals surface area contributed by atoms with Gasteiger partial charge in [-0.05, 0) is 56.4 Å². The average Bonchev–Trinajstić information content (AvgIpc) is 2.43. The number of carbonyl (C=O) groups excluding carboxylic acids is 1. The van der Waals surface area contributed by atoms with Crippen LogP contribution in [0.25, 0.3) is 0 Å². The predicted octanol–water partition coefficient (Wildman–Crippen LogP) is 3.51. The largest absolute Gasteiger partial charge is 0.295 e. The fourth-order valence-corrected chi connectivity index (χ4v) is 3.02. The molecule has 0 bridgehead atoms. The lowest BCUT2D eigenvalue weighted by atomic mass is 9.86. The average molecular weight is 204 g/mol. The third-order valence-electron chi connectivity index (χ3n) is 4.13. The predicted molar refractivity (Wildman–Crippen MR) is 62.5 cm³/mol. The summed E-state index contributed by atoms with van der Waals surface area (Å²) in [7, 11) is 0. The second-order valence-electron chi connectivity index (χ2n) is 5.14. The summed E-state index contributed by atoms with van der Waals surface area (Å²) in [5.41, 5.74) is 2.52. The van der Waals surface area contributed by atoms with Gasteiger partial charge in [0.05, 0.1) is 0 Å². The van der Waals surface area contributed by atoms with Gasteiger partial charge in [-0.3, -0.25) is 4.79 Å². The summed E-state index contributed by atoms with van der Waals surface area (Å²) >= 11 is 0. The van der Waals surface area contributed by atoms with Crippen molar-refractivity contribution in [3.05, 3.63) is 23.3 Å². The maximum Gasteiger partial charge on any atom is 0.155 e. The Labute approximate surface area is 92.3 Å². The van der Waals surface area contributed by atoms with Crippen LogP contribution < -0.4 is 0 Å². The van der Waals surface area contributed by atoms with Crippen LogP contribution in [0.15, 0.2) is 23.3 Å². The molecular formula is C14H20O. The van der Waals surface area contributed by atoms with Gasteiger partial charge in [0.2, 0.25) is 0 Å². The van der Waals surface area contributed by atoms with E-state index in [1.807, 2.05) is 0 Å². The van der Waals surface area contributed by atoms with Crippen LogP contribution in [0, 0.1) is 17.8 Å². The number of ketones is 1. The molecule has 1 fully saturated rings. The lowest BCUT2D eigenvalue weighted by Gasteiger charge is -2.19. The molecule has 3 atom stereocenters. The maximum absolute atomic E-state index is 11.5. The van der Waals surface area contributed by atoms with E-state index in [4.69, 9.17) is 0 Å². The molecule has 15 heavy (non-hydrogen) atoms. The van der Waals surface area contributed by atoms with Gasteiger partial charge in [-0.2, -0.15) is 0 Å². The monoisotopic (exact) mass is 204 g/mol. The molecular weight excluding hydrogens is 184 g/mol. The molecule has 0 aromatic heterocycles. The topological polar surface area (TPSA) is 17.1 Å². The number of rotatable bonds is 1. The molecule has 82 valence electrons. The molecule has 0 heterocycles. The van der Waals surface area contributed by atoms with Crippen molar-refractivity contribution in [3.63, 3.8) is 0 Å². The van der Waals surface area contributed by atoms with E-state index in [-0.39, 0.29) is 5.78 Å². The zero-order valence-corrected chi connectivity index (χ0v) is 9.92. The maximum atomic E-state index is 11.5. The summed E-state index contributed by atoms with van der Waals surface area (Å²) in [6, 6.07) is 0. The van der Waals surface area contributed by atoms with Crippen LogP contribution in [0.2, 0.25) is 0 Å². The summed E-state index contributed by atoms with van der Waals surface area (Å²) in [4.78, 5) is 11.5. The Morgan fingerprint density at radius 2 is 2.13 bits per heavy atom. The van der Waals surface area contributed by atoms with Crippen LogP contribution >= 0.6 is 0 Å². The molecule has 0 aromatic carbocycles. The van der Waals surface area contributed by atoms with E-state index in [2.05, 4.69) is 26.0 Å². The van der Waals surface area contributed by atoms with Crippen molar-refractivity contribution in [2.45, 2.75) is 40.0 Å². The van der Waals surface area contributed by atoms with Gasteiger partial charge < -0.3 is 0 Å². The highest BCUT2D eigenvalue weighted by Crippen LogP contribution is 2.44. The Balaban J connectivity index is 2.33. The van der Waals surface area contributed by atoms with E-state index in [0.717, 1.165) is 17.9 Å². The van der Waals surface area contributed by atoms with Gasteiger partial charge in [-0.1, -0.05) is 24.6 Å². The quantitative estimate of drug-likeness (QED) is 0.597. The Hall–Kier alpha value is -0.850. The van der Waals surface area contributed by atoms with Crippen molar-refractivity contribution in [2.75, 3.05) is 0 Å². The summed E-state index contributed by atoms with van der Waals surface area (Å²) in [5.74, 6) is 2.31. The number of allylic oxidation sites excluding steroid dienone is 4. The highest BCUT2D eigenvalue weighted by atomic mass is 16.1. The first kappa shape index (κ1) is 10.7. The molecule has 2 aliphatic carbocycles. The van der Waals surface area contributed by atoms with Crippen LogP contribution in [0.5, 0.6) is 0 Å². The lowest BCUT2D eigenvalue weighted by molar-refractivity contribution is -0.113. The summed E-state index contributed by atoms with van der Waals surface area (Å²) in [6.45, 7) is 6.24. The molecule has 0 saturated heterocycles. The first-order valence-electron chi connectivity index (χ1n) is 5.98. The molecule has 2 aliphatic rings. The van der Waals surface area contributed by atoms with Crippen molar-refractivity contribution < 1.29 is 4.79 Å². The molecule has 0 aliphatic heterocycles. The fraction of sp³-hybridized carbons (Fsp3) is 0.643. The van der Waals surface area contributed by atoms with Gasteiger partial charge in [-0.25, -0.2) is 0 Å². The van der Waals surface area contributed by atoms with Crippen molar-refractivity contribution >= 4 is 5.78 Å². The van der Waals surface area contributed by atoms with E-state index < -0.39 is 0 Å². The van der Waals surface area contributed by atoms with E-state index in [1.54, 1.807) is 6.92 Å². The minimum atomic E-state index is 0.249. The SMILES string of the molecule is CC(=O)C1=C[C@@H]2[C@H](C)CC[C@H]2C(C)=CC1. The Morgan fingerprint density at radius 1 is 1.40 bits per heavy atom. The summed E-state index contributed by atoms with van der Waals surface area (Å²) in [5, 5.41) is 0. The van der Waals surface area contributed by atoms with Gasteiger partial charge in [0.1, 0.15) is 0 Å². The summed E-state index contributed by atoms with van der Waals surface area (Å²) < 4.78 is 0. The molecule has 0 radical (unpaired) electrons. The highest BCUT2D eigenvalue weighted by molar-refractivity contribution is 5.93. The van der Waals surface area contributed by atoms with Crippen LogP contribution in [0.3, 0.4) is 0 Å². The third-order valence-corrected chi connectivity index (χ3v) is 4.13. The van der Waals surface area contributed by atoms with Crippen LogP contribution in [0.4, 0.5) is 0 Å². The molecule has 0 unspecified atom stereocenters. The van der Waals surface area contributed by atoms with Gasteiger partial charge in [0.15, 0.2) is 5.78 Å².